The number of amidine groups is 1. The number of nitrogens with zero attached hydrogens (tertiary/aromatic N) is 1. The summed E-state index contributed by atoms with van der Waals surface area (Å²) in [6.45, 7) is 1.68. The number of para-hydroxylation sites is 1. The number of benzene rings is 1. The summed E-state index contributed by atoms with van der Waals surface area (Å²) >= 11 is 0. The number of rotatable bonds is 3. The average Bonchev–Trinajstić information content (AvgIpc) is 2.21. The zero-order valence-corrected chi connectivity index (χ0v) is 8.57. The Labute approximate surface area is 88.6 Å². The average molecular weight is 205 g/mol. The Bertz CT molecular complexity index is 391. The monoisotopic (exact) mass is 205 g/mol. The molecule has 0 saturated heterocycles. The molecule has 0 fully saturated rings. The van der Waals surface area contributed by atoms with Crippen molar-refractivity contribution < 1.29 is 0 Å². The van der Waals surface area contributed by atoms with E-state index in [1.165, 1.54) is 6.20 Å². The molecule has 1 aromatic rings. The number of nitrogen functional groups attached to an aromatic ring is 1. The molecule has 7 N–H and O–H groups in total. The summed E-state index contributed by atoms with van der Waals surface area (Å²) in [7, 11) is 0. The largest absolute Gasteiger partial charge is 0.403 e. The van der Waals surface area contributed by atoms with Crippen LogP contribution >= 0.6 is 0 Å². The molecule has 0 aliphatic heterocycles. The van der Waals surface area contributed by atoms with Crippen molar-refractivity contribution in [2.24, 2.45) is 16.6 Å². The van der Waals surface area contributed by atoms with Crippen LogP contribution in [0.25, 0.3) is 5.70 Å². The van der Waals surface area contributed by atoms with Crippen molar-refractivity contribution in [1.29, 1.82) is 0 Å². The molecule has 0 atom stereocenters. The Hall–Kier alpha value is -2.17. The van der Waals surface area contributed by atoms with Gasteiger partial charge in [-0.05, 0) is 13.0 Å². The maximum absolute atomic E-state index is 5.79. The van der Waals surface area contributed by atoms with E-state index in [0.717, 1.165) is 5.56 Å². The van der Waals surface area contributed by atoms with Gasteiger partial charge in [0.2, 0.25) is 0 Å². The molecule has 5 nitrogen and oxygen atoms in total. The molecule has 0 bridgehead atoms. The second kappa shape index (κ2) is 4.90. The lowest BCUT2D eigenvalue weighted by Gasteiger charge is -2.08. The highest BCUT2D eigenvalue weighted by atomic mass is 15.3. The number of hydrogen-bond donors (Lipinski definition) is 4. The van der Waals surface area contributed by atoms with Gasteiger partial charge in [0.1, 0.15) is 5.84 Å². The van der Waals surface area contributed by atoms with Gasteiger partial charge >= 0.3 is 0 Å². The molecule has 0 aromatic heterocycles. The van der Waals surface area contributed by atoms with Gasteiger partial charge in [0.25, 0.3) is 0 Å². The molecule has 0 heterocycles. The summed E-state index contributed by atoms with van der Waals surface area (Å²) in [6, 6.07) is 7.36. The molecule has 0 radical (unpaired) electrons. The Kier molecular flexibility index (Phi) is 3.56. The fraction of sp³-hybridized carbons (Fsp3) is 0.100. The lowest BCUT2D eigenvalue weighted by Crippen LogP contribution is -2.15. The van der Waals surface area contributed by atoms with Gasteiger partial charge in [0.05, 0.1) is 5.70 Å². The molecule has 0 amide bonds. The van der Waals surface area contributed by atoms with Gasteiger partial charge in [0.15, 0.2) is 0 Å². The fourth-order valence-corrected chi connectivity index (χ4v) is 1.08. The number of hydrogen-bond acceptors (Lipinski definition) is 4. The standard InChI is InChI=1S/C10H15N5/c1-7(12)14-15-10(6-11)8-4-2-3-5-9(8)13/h2-6,15H,11,13H2,1H3,(H2,12,14). The first-order valence-corrected chi connectivity index (χ1v) is 4.47. The summed E-state index contributed by atoms with van der Waals surface area (Å²) in [5.74, 6) is 0.420. The summed E-state index contributed by atoms with van der Waals surface area (Å²) in [6.07, 6.45) is 1.40. The zero-order valence-electron chi connectivity index (χ0n) is 8.57. The summed E-state index contributed by atoms with van der Waals surface area (Å²) < 4.78 is 0. The third-order valence-electron chi connectivity index (χ3n) is 1.77. The number of anilines is 1. The third-order valence-corrected chi connectivity index (χ3v) is 1.77. The first kappa shape index (κ1) is 10.9. The molecule has 1 rings (SSSR count). The van der Waals surface area contributed by atoms with E-state index in [9.17, 15) is 0 Å². The van der Waals surface area contributed by atoms with Crippen molar-refractivity contribution in [3.05, 3.63) is 36.0 Å². The SMILES string of the molecule is C/C(N)=N\NC(=CN)c1ccccc1N. The van der Waals surface area contributed by atoms with Gasteiger partial charge in [-0.25, -0.2) is 0 Å². The molecule has 5 heteroatoms. The zero-order chi connectivity index (χ0) is 11.3. The highest BCUT2D eigenvalue weighted by Crippen LogP contribution is 2.17. The van der Waals surface area contributed by atoms with E-state index in [1.54, 1.807) is 13.0 Å². The summed E-state index contributed by atoms with van der Waals surface area (Å²) in [5.41, 5.74) is 21.5. The van der Waals surface area contributed by atoms with Crippen molar-refractivity contribution >= 4 is 17.2 Å². The minimum absolute atomic E-state index is 0.420. The van der Waals surface area contributed by atoms with E-state index in [4.69, 9.17) is 17.2 Å². The lowest BCUT2D eigenvalue weighted by atomic mass is 10.1. The van der Waals surface area contributed by atoms with Gasteiger partial charge in [0, 0.05) is 17.5 Å². The summed E-state index contributed by atoms with van der Waals surface area (Å²) in [5, 5.41) is 3.85. The molecule has 15 heavy (non-hydrogen) atoms. The molecule has 0 aliphatic rings. The van der Waals surface area contributed by atoms with Crippen LogP contribution in [0.1, 0.15) is 12.5 Å². The van der Waals surface area contributed by atoms with Gasteiger partial charge in [-0.3, -0.25) is 5.43 Å². The highest BCUT2D eigenvalue weighted by molar-refractivity contribution is 5.79. The van der Waals surface area contributed by atoms with E-state index in [-0.39, 0.29) is 0 Å². The quantitative estimate of drug-likeness (QED) is 0.248. The van der Waals surface area contributed by atoms with Crippen molar-refractivity contribution in [3.63, 3.8) is 0 Å². The Morgan fingerprint density at radius 1 is 1.40 bits per heavy atom. The van der Waals surface area contributed by atoms with Crippen molar-refractivity contribution in [3.8, 4) is 0 Å². The maximum Gasteiger partial charge on any atom is 0.116 e. The normalized spacial score (nSPS) is 12.6. The molecule has 0 spiro atoms. The van der Waals surface area contributed by atoms with Gasteiger partial charge in [-0.15, -0.1) is 0 Å². The van der Waals surface area contributed by atoms with Crippen LogP contribution in [0.3, 0.4) is 0 Å². The van der Waals surface area contributed by atoms with Crippen LogP contribution in [-0.2, 0) is 0 Å². The van der Waals surface area contributed by atoms with E-state index < -0.39 is 0 Å². The van der Waals surface area contributed by atoms with E-state index in [0.29, 0.717) is 17.2 Å². The lowest BCUT2D eigenvalue weighted by molar-refractivity contribution is 0.980. The second-order valence-corrected chi connectivity index (χ2v) is 3.03. The van der Waals surface area contributed by atoms with Gasteiger partial charge in [-0.1, -0.05) is 18.2 Å². The second-order valence-electron chi connectivity index (χ2n) is 3.03. The Morgan fingerprint density at radius 3 is 2.60 bits per heavy atom. The number of nitrogens with two attached hydrogens (primary N) is 3. The topological polar surface area (TPSA) is 102 Å². The fourth-order valence-electron chi connectivity index (χ4n) is 1.08. The van der Waals surface area contributed by atoms with Crippen LogP contribution < -0.4 is 22.6 Å². The van der Waals surface area contributed by atoms with Crippen LogP contribution in [0.2, 0.25) is 0 Å². The highest BCUT2D eigenvalue weighted by Gasteiger charge is 2.02. The smallest absolute Gasteiger partial charge is 0.116 e. The summed E-state index contributed by atoms with van der Waals surface area (Å²) in [4.78, 5) is 0. The molecular formula is C10H15N5. The van der Waals surface area contributed by atoms with Gasteiger partial charge in [-0.2, -0.15) is 5.10 Å². The Morgan fingerprint density at radius 2 is 2.07 bits per heavy atom. The van der Waals surface area contributed by atoms with Crippen LogP contribution in [0.15, 0.2) is 35.6 Å². The molecule has 0 unspecified atom stereocenters. The van der Waals surface area contributed by atoms with E-state index in [1.807, 2.05) is 18.2 Å². The van der Waals surface area contributed by atoms with Crippen LogP contribution in [0.4, 0.5) is 5.69 Å². The van der Waals surface area contributed by atoms with Crippen molar-refractivity contribution in [1.82, 2.24) is 5.43 Å². The molecule has 0 aliphatic carbocycles. The Balaban J connectivity index is 2.95. The van der Waals surface area contributed by atoms with Crippen LogP contribution in [0.5, 0.6) is 0 Å². The minimum Gasteiger partial charge on any atom is -0.403 e. The van der Waals surface area contributed by atoms with Crippen LogP contribution in [-0.4, -0.2) is 5.84 Å². The predicted octanol–water partition coefficient (Wildman–Crippen LogP) is 0.408. The molecular weight excluding hydrogens is 190 g/mol. The molecule has 0 saturated carbocycles. The van der Waals surface area contributed by atoms with Crippen LogP contribution in [0, 0.1) is 0 Å². The predicted molar refractivity (Wildman–Crippen MR) is 63.5 cm³/mol. The van der Waals surface area contributed by atoms with Gasteiger partial charge < -0.3 is 17.2 Å². The first-order chi connectivity index (χ1) is 7.15. The molecule has 80 valence electrons. The maximum atomic E-state index is 5.79. The number of nitrogens with one attached hydrogen (secondary N) is 1. The minimum atomic E-state index is 0.420. The first-order valence-electron chi connectivity index (χ1n) is 4.47. The third kappa shape index (κ3) is 2.91. The van der Waals surface area contributed by atoms with Crippen molar-refractivity contribution in [2.45, 2.75) is 6.92 Å². The number of hydrazone groups is 1. The van der Waals surface area contributed by atoms with Crippen molar-refractivity contribution in [2.75, 3.05) is 5.73 Å². The van der Waals surface area contributed by atoms with E-state index >= 15 is 0 Å². The van der Waals surface area contributed by atoms with E-state index in [2.05, 4.69) is 10.5 Å². The molecule has 1 aromatic carbocycles.